The molecule has 0 bridgehead atoms. The van der Waals surface area contributed by atoms with Gasteiger partial charge in [-0.05, 0) is 42.4 Å². The van der Waals surface area contributed by atoms with Gasteiger partial charge in [-0.3, -0.25) is 4.98 Å². The summed E-state index contributed by atoms with van der Waals surface area (Å²) in [7, 11) is 0. The van der Waals surface area contributed by atoms with Crippen LogP contribution in [0.4, 0.5) is 0 Å². The molecule has 1 aromatic heterocycles. The maximum absolute atomic E-state index is 4.54. The van der Waals surface area contributed by atoms with Gasteiger partial charge in [-0.1, -0.05) is 41.4 Å². The standard InChI is InChI=1S/C17H21BrN2/c1-2-17(8-4-9-17)12-19-11-13-6-7-15(18)14-5-3-10-20-16(13)14/h3,5-7,10,19H,2,4,8-9,11-12H2,1H3. The van der Waals surface area contributed by atoms with Gasteiger partial charge < -0.3 is 5.32 Å². The van der Waals surface area contributed by atoms with Gasteiger partial charge in [0, 0.05) is 29.1 Å². The Kier molecular flexibility index (Phi) is 4.08. The number of hydrogen-bond acceptors (Lipinski definition) is 2. The number of aromatic nitrogens is 1. The van der Waals surface area contributed by atoms with Crippen molar-refractivity contribution in [2.75, 3.05) is 6.54 Å². The van der Waals surface area contributed by atoms with Crippen LogP contribution in [0.25, 0.3) is 10.9 Å². The van der Waals surface area contributed by atoms with Crippen LogP contribution in [0, 0.1) is 5.41 Å². The fraction of sp³-hybridized carbons (Fsp3) is 0.471. The lowest BCUT2D eigenvalue weighted by Gasteiger charge is -2.41. The lowest BCUT2D eigenvalue weighted by atomic mass is 9.67. The molecule has 20 heavy (non-hydrogen) atoms. The van der Waals surface area contributed by atoms with E-state index in [0.29, 0.717) is 5.41 Å². The molecule has 0 aliphatic heterocycles. The summed E-state index contributed by atoms with van der Waals surface area (Å²) in [6.45, 7) is 4.36. The highest BCUT2D eigenvalue weighted by Crippen LogP contribution is 2.43. The number of fused-ring (bicyclic) bond motifs is 1. The van der Waals surface area contributed by atoms with Crippen LogP contribution in [0.1, 0.15) is 38.2 Å². The van der Waals surface area contributed by atoms with Crippen molar-refractivity contribution in [3.05, 3.63) is 40.5 Å². The van der Waals surface area contributed by atoms with Crippen LogP contribution in [-0.2, 0) is 6.54 Å². The number of benzene rings is 1. The van der Waals surface area contributed by atoms with E-state index in [4.69, 9.17) is 0 Å². The van der Waals surface area contributed by atoms with Gasteiger partial charge in [0.05, 0.1) is 5.52 Å². The molecule has 3 heteroatoms. The first-order chi connectivity index (χ1) is 9.74. The molecular weight excluding hydrogens is 312 g/mol. The van der Waals surface area contributed by atoms with E-state index in [0.717, 1.165) is 23.1 Å². The Hall–Kier alpha value is -0.930. The van der Waals surface area contributed by atoms with Crippen molar-refractivity contribution in [2.24, 2.45) is 5.41 Å². The van der Waals surface area contributed by atoms with E-state index in [2.05, 4.69) is 51.4 Å². The molecule has 0 amide bonds. The summed E-state index contributed by atoms with van der Waals surface area (Å²) in [5.74, 6) is 0. The third-order valence-electron chi connectivity index (χ3n) is 4.78. The van der Waals surface area contributed by atoms with Gasteiger partial charge >= 0.3 is 0 Å². The number of rotatable bonds is 5. The van der Waals surface area contributed by atoms with Gasteiger partial charge in [-0.2, -0.15) is 0 Å². The molecule has 2 aromatic rings. The third kappa shape index (κ3) is 2.61. The minimum absolute atomic E-state index is 0.568. The summed E-state index contributed by atoms with van der Waals surface area (Å²) in [5.41, 5.74) is 2.96. The van der Waals surface area contributed by atoms with Crippen molar-refractivity contribution in [3.8, 4) is 0 Å². The molecule has 0 spiro atoms. The zero-order valence-electron chi connectivity index (χ0n) is 12.0. The Balaban J connectivity index is 1.73. The van der Waals surface area contributed by atoms with Crippen LogP contribution in [0.15, 0.2) is 34.9 Å². The molecule has 106 valence electrons. The number of nitrogens with one attached hydrogen (secondary N) is 1. The Morgan fingerprint density at radius 2 is 2.15 bits per heavy atom. The van der Waals surface area contributed by atoms with E-state index < -0.39 is 0 Å². The molecule has 1 fully saturated rings. The average molecular weight is 333 g/mol. The summed E-state index contributed by atoms with van der Waals surface area (Å²) < 4.78 is 1.12. The second-order valence-electron chi connectivity index (χ2n) is 5.92. The number of halogens is 1. The lowest BCUT2D eigenvalue weighted by molar-refractivity contribution is 0.124. The minimum Gasteiger partial charge on any atom is -0.312 e. The molecule has 0 saturated heterocycles. The van der Waals surface area contributed by atoms with Crippen molar-refractivity contribution in [3.63, 3.8) is 0 Å². The van der Waals surface area contributed by atoms with Crippen molar-refractivity contribution < 1.29 is 0 Å². The summed E-state index contributed by atoms with van der Waals surface area (Å²) in [5, 5.41) is 4.85. The summed E-state index contributed by atoms with van der Waals surface area (Å²) in [6, 6.07) is 8.41. The van der Waals surface area contributed by atoms with Crippen molar-refractivity contribution in [2.45, 2.75) is 39.2 Å². The Bertz CT molecular complexity index is 599. The van der Waals surface area contributed by atoms with Gasteiger partial charge in [-0.15, -0.1) is 0 Å². The predicted molar refractivity (Wildman–Crippen MR) is 87.7 cm³/mol. The molecule has 1 heterocycles. The van der Waals surface area contributed by atoms with E-state index >= 15 is 0 Å². The molecule has 1 N–H and O–H groups in total. The Labute approximate surface area is 129 Å². The molecule has 0 unspecified atom stereocenters. The molecule has 0 radical (unpaired) electrons. The highest BCUT2D eigenvalue weighted by atomic mass is 79.9. The van der Waals surface area contributed by atoms with E-state index in [9.17, 15) is 0 Å². The summed E-state index contributed by atoms with van der Waals surface area (Å²) in [4.78, 5) is 4.54. The number of pyridine rings is 1. The number of nitrogens with zero attached hydrogens (tertiary/aromatic N) is 1. The van der Waals surface area contributed by atoms with Gasteiger partial charge in [0.25, 0.3) is 0 Å². The van der Waals surface area contributed by atoms with Crippen LogP contribution < -0.4 is 5.32 Å². The van der Waals surface area contributed by atoms with Crippen LogP contribution in [0.3, 0.4) is 0 Å². The largest absolute Gasteiger partial charge is 0.312 e. The highest BCUT2D eigenvalue weighted by molar-refractivity contribution is 9.10. The quantitative estimate of drug-likeness (QED) is 0.860. The van der Waals surface area contributed by atoms with Gasteiger partial charge in [0.2, 0.25) is 0 Å². The minimum atomic E-state index is 0.568. The summed E-state index contributed by atoms with van der Waals surface area (Å²) >= 11 is 3.60. The summed E-state index contributed by atoms with van der Waals surface area (Å²) in [6.07, 6.45) is 7.33. The maximum Gasteiger partial charge on any atom is 0.0758 e. The van der Waals surface area contributed by atoms with Crippen LogP contribution in [0.5, 0.6) is 0 Å². The van der Waals surface area contributed by atoms with Crippen LogP contribution >= 0.6 is 15.9 Å². The molecule has 0 atom stereocenters. The molecule has 1 aliphatic rings. The smallest absolute Gasteiger partial charge is 0.0758 e. The fourth-order valence-corrected chi connectivity index (χ4v) is 3.59. The maximum atomic E-state index is 4.54. The van der Waals surface area contributed by atoms with Crippen LogP contribution in [-0.4, -0.2) is 11.5 Å². The van der Waals surface area contributed by atoms with Gasteiger partial charge in [-0.25, -0.2) is 0 Å². The highest BCUT2D eigenvalue weighted by Gasteiger charge is 2.34. The van der Waals surface area contributed by atoms with E-state index in [1.165, 1.54) is 36.6 Å². The normalized spacial score (nSPS) is 17.1. The molecule has 2 nitrogen and oxygen atoms in total. The topological polar surface area (TPSA) is 24.9 Å². The first kappa shape index (κ1) is 14.0. The first-order valence-electron chi connectivity index (χ1n) is 7.47. The van der Waals surface area contributed by atoms with Gasteiger partial charge in [0.15, 0.2) is 0 Å². The zero-order chi connectivity index (χ0) is 14.0. The SMILES string of the molecule is CCC1(CNCc2ccc(Br)c3cccnc23)CCC1. The lowest BCUT2D eigenvalue weighted by Crippen LogP contribution is -2.39. The monoisotopic (exact) mass is 332 g/mol. The Morgan fingerprint density at radius 3 is 2.85 bits per heavy atom. The third-order valence-corrected chi connectivity index (χ3v) is 5.47. The second kappa shape index (κ2) is 5.82. The Morgan fingerprint density at radius 1 is 1.30 bits per heavy atom. The second-order valence-corrected chi connectivity index (χ2v) is 6.77. The van der Waals surface area contributed by atoms with Crippen molar-refractivity contribution in [1.82, 2.24) is 10.3 Å². The predicted octanol–water partition coefficient (Wildman–Crippen LogP) is 4.67. The van der Waals surface area contributed by atoms with Gasteiger partial charge in [0.1, 0.15) is 0 Å². The molecule has 1 aliphatic carbocycles. The molecule has 1 aromatic carbocycles. The van der Waals surface area contributed by atoms with Crippen molar-refractivity contribution in [1.29, 1.82) is 0 Å². The van der Waals surface area contributed by atoms with E-state index in [1.807, 2.05) is 12.3 Å². The molecule has 3 rings (SSSR count). The van der Waals surface area contributed by atoms with E-state index in [-0.39, 0.29) is 0 Å². The van der Waals surface area contributed by atoms with Crippen molar-refractivity contribution >= 4 is 26.8 Å². The zero-order valence-corrected chi connectivity index (χ0v) is 13.5. The molecular formula is C17H21BrN2. The molecule has 1 saturated carbocycles. The number of hydrogen-bond donors (Lipinski definition) is 1. The fourth-order valence-electron chi connectivity index (χ4n) is 3.13. The van der Waals surface area contributed by atoms with E-state index in [1.54, 1.807) is 0 Å². The average Bonchev–Trinajstić information content (AvgIpc) is 2.44. The van der Waals surface area contributed by atoms with Crippen LogP contribution in [0.2, 0.25) is 0 Å². The first-order valence-corrected chi connectivity index (χ1v) is 8.26.